The van der Waals surface area contributed by atoms with Gasteiger partial charge in [0, 0.05) is 36.6 Å². The lowest BCUT2D eigenvalue weighted by Gasteiger charge is -2.26. The van der Waals surface area contributed by atoms with Crippen LogP contribution in [-0.4, -0.2) is 64.1 Å². The molecule has 168 valence electrons. The minimum atomic E-state index is 0.0210. The molecule has 0 bridgehead atoms. The van der Waals surface area contributed by atoms with Crippen molar-refractivity contribution in [2.24, 2.45) is 0 Å². The number of nitrogens with one attached hydrogen (secondary N) is 1. The maximum atomic E-state index is 12.7. The molecule has 1 aliphatic rings. The van der Waals surface area contributed by atoms with Crippen LogP contribution in [0.1, 0.15) is 29.0 Å². The van der Waals surface area contributed by atoms with Crippen LogP contribution >= 0.6 is 11.3 Å². The Hall–Kier alpha value is -2.81. The Balaban J connectivity index is 1.49. The summed E-state index contributed by atoms with van der Waals surface area (Å²) in [5.41, 5.74) is 2.46. The highest BCUT2D eigenvalue weighted by Crippen LogP contribution is 2.38. The van der Waals surface area contributed by atoms with Crippen LogP contribution in [0.5, 0.6) is 0 Å². The van der Waals surface area contributed by atoms with Gasteiger partial charge in [0.1, 0.15) is 17.0 Å². The topological polar surface area (TPSA) is 81.6 Å². The number of amides is 1. The van der Waals surface area contributed by atoms with Crippen LogP contribution in [0.15, 0.2) is 48.8 Å². The summed E-state index contributed by atoms with van der Waals surface area (Å²) in [6.45, 7) is 4.75. The third-order valence-corrected chi connectivity index (χ3v) is 6.89. The summed E-state index contributed by atoms with van der Waals surface area (Å²) in [5, 5.41) is 13.6. The van der Waals surface area contributed by atoms with Crippen LogP contribution in [0.2, 0.25) is 0 Å². The second-order valence-corrected chi connectivity index (χ2v) is 9.16. The zero-order valence-electron chi connectivity index (χ0n) is 18.5. The highest BCUT2D eigenvalue weighted by atomic mass is 32.1. The first-order chi connectivity index (χ1) is 15.6. The van der Waals surface area contributed by atoms with Crippen molar-refractivity contribution in [2.75, 3.05) is 38.6 Å². The number of rotatable bonds is 8. The number of carbonyl (C=O) groups is 1. The maximum absolute atomic E-state index is 12.7. The first kappa shape index (κ1) is 22.4. The fraction of sp³-hybridized carbons (Fsp3) is 0.375. The van der Waals surface area contributed by atoms with Crippen molar-refractivity contribution in [3.05, 3.63) is 64.8 Å². The lowest BCUT2D eigenvalue weighted by atomic mass is 10.0. The van der Waals surface area contributed by atoms with E-state index in [1.807, 2.05) is 41.1 Å². The van der Waals surface area contributed by atoms with Gasteiger partial charge in [-0.2, -0.15) is 0 Å². The highest BCUT2D eigenvalue weighted by molar-refractivity contribution is 7.19. The third kappa shape index (κ3) is 4.98. The van der Waals surface area contributed by atoms with E-state index in [4.69, 9.17) is 5.11 Å². The maximum Gasteiger partial charge on any atom is 0.246 e. The average molecular weight is 452 g/mol. The fourth-order valence-electron chi connectivity index (χ4n) is 3.96. The summed E-state index contributed by atoms with van der Waals surface area (Å²) >= 11 is 1.65. The van der Waals surface area contributed by atoms with Gasteiger partial charge in [-0.25, -0.2) is 9.97 Å². The zero-order chi connectivity index (χ0) is 22.5. The predicted molar refractivity (Wildman–Crippen MR) is 129 cm³/mol. The van der Waals surface area contributed by atoms with Crippen LogP contribution in [0, 0.1) is 0 Å². The number of anilines is 1. The Morgan fingerprint density at radius 1 is 1.34 bits per heavy atom. The molecular weight excluding hydrogens is 422 g/mol. The molecule has 32 heavy (non-hydrogen) atoms. The predicted octanol–water partition coefficient (Wildman–Crippen LogP) is 3.23. The molecule has 0 radical (unpaired) electrons. The fourth-order valence-corrected chi connectivity index (χ4v) is 5.16. The van der Waals surface area contributed by atoms with Crippen molar-refractivity contribution in [3.8, 4) is 0 Å². The summed E-state index contributed by atoms with van der Waals surface area (Å²) in [6, 6.07) is 10.4. The second-order valence-electron chi connectivity index (χ2n) is 8.08. The number of hydrogen-bond acceptors (Lipinski definition) is 7. The quantitative estimate of drug-likeness (QED) is 0.512. The normalized spacial score (nSPS) is 14.8. The number of nitrogens with zero attached hydrogens (tertiary/aromatic N) is 4. The van der Waals surface area contributed by atoms with Crippen LogP contribution in [0.25, 0.3) is 10.2 Å². The van der Waals surface area contributed by atoms with Crippen LogP contribution in [-0.2, 0) is 17.8 Å². The van der Waals surface area contributed by atoms with Gasteiger partial charge in [-0.3, -0.25) is 4.79 Å². The zero-order valence-corrected chi connectivity index (χ0v) is 19.3. The molecule has 7 nitrogen and oxygen atoms in total. The molecule has 1 atom stereocenters. The number of aliphatic hydroxyl groups excluding tert-OH is 1. The number of aliphatic hydroxyl groups is 1. The van der Waals surface area contributed by atoms with E-state index < -0.39 is 0 Å². The minimum Gasteiger partial charge on any atom is -0.395 e. The van der Waals surface area contributed by atoms with Gasteiger partial charge in [0.25, 0.3) is 0 Å². The molecular formula is C24H29N5O2S. The van der Waals surface area contributed by atoms with Gasteiger partial charge in [0.05, 0.1) is 18.5 Å². The van der Waals surface area contributed by atoms with Crippen molar-refractivity contribution in [2.45, 2.75) is 25.9 Å². The lowest BCUT2D eigenvalue weighted by Crippen LogP contribution is -2.34. The number of carbonyl (C=O) groups excluding carboxylic acids is 1. The van der Waals surface area contributed by atoms with E-state index in [-0.39, 0.29) is 18.6 Å². The van der Waals surface area contributed by atoms with Gasteiger partial charge in [-0.15, -0.1) is 11.3 Å². The average Bonchev–Trinajstić information content (AvgIpc) is 3.18. The van der Waals surface area contributed by atoms with E-state index in [1.54, 1.807) is 23.7 Å². The van der Waals surface area contributed by atoms with E-state index in [9.17, 15) is 4.79 Å². The van der Waals surface area contributed by atoms with Crippen molar-refractivity contribution in [1.29, 1.82) is 0 Å². The molecule has 1 amide bonds. The lowest BCUT2D eigenvalue weighted by molar-refractivity contribution is -0.126. The van der Waals surface area contributed by atoms with Gasteiger partial charge in [0.15, 0.2) is 0 Å². The highest BCUT2D eigenvalue weighted by Gasteiger charge is 2.25. The molecule has 0 spiro atoms. The molecule has 0 saturated heterocycles. The molecule has 2 N–H and O–H groups in total. The molecule has 0 unspecified atom stereocenters. The molecule has 2 aromatic heterocycles. The Morgan fingerprint density at radius 3 is 2.94 bits per heavy atom. The van der Waals surface area contributed by atoms with E-state index >= 15 is 0 Å². The van der Waals surface area contributed by atoms with Crippen LogP contribution in [0.4, 0.5) is 5.82 Å². The smallest absolute Gasteiger partial charge is 0.246 e. The van der Waals surface area contributed by atoms with E-state index in [1.165, 1.54) is 16.0 Å². The van der Waals surface area contributed by atoms with Crippen LogP contribution in [0.3, 0.4) is 0 Å². The molecule has 4 rings (SSSR count). The van der Waals surface area contributed by atoms with E-state index in [0.29, 0.717) is 26.2 Å². The summed E-state index contributed by atoms with van der Waals surface area (Å²) in [6.07, 6.45) is 5.90. The van der Waals surface area contributed by atoms with Gasteiger partial charge >= 0.3 is 0 Å². The van der Waals surface area contributed by atoms with E-state index in [2.05, 4.69) is 34.3 Å². The molecule has 0 aliphatic carbocycles. The Kier molecular flexibility index (Phi) is 7.14. The van der Waals surface area contributed by atoms with Crippen molar-refractivity contribution >= 4 is 33.3 Å². The Bertz CT molecular complexity index is 1100. The van der Waals surface area contributed by atoms with Gasteiger partial charge < -0.3 is 20.2 Å². The Morgan fingerprint density at radius 2 is 2.16 bits per heavy atom. The molecule has 8 heteroatoms. The summed E-state index contributed by atoms with van der Waals surface area (Å²) < 4.78 is 0. The molecule has 3 aromatic rings. The standard InChI is InChI=1S/C24H29N5O2S/c1-17(18-7-4-3-5-8-18)27-23-22-19-10-12-29(15-20(19)32-24(22)26-16-25-23)21(31)9-6-11-28(2)13-14-30/h3-9,16-17,30H,10-15H2,1-2H3,(H,25,26,27)/t17-/m1/s1. The number of benzene rings is 1. The third-order valence-electron chi connectivity index (χ3n) is 5.76. The molecule has 3 heterocycles. The summed E-state index contributed by atoms with van der Waals surface area (Å²) in [4.78, 5) is 27.7. The Labute approximate surface area is 192 Å². The number of thiophene rings is 1. The van der Waals surface area contributed by atoms with Crippen molar-refractivity contribution in [3.63, 3.8) is 0 Å². The molecule has 0 fully saturated rings. The van der Waals surface area contributed by atoms with Gasteiger partial charge in [0.2, 0.25) is 5.91 Å². The van der Waals surface area contributed by atoms with Crippen molar-refractivity contribution in [1.82, 2.24) is 19.8 Å². The van der Waals surface area contributed by atoms with Gasteiger partial charge in [-0.1, -0.05) is 36.4 Å². The van der Waals surface area contributed by atoms with Gasteiger partial charge in [-0.05, 0) is 31.5 Å². The monoisotopic (exact) mass is 451 g/mol. The number of likely N-dealkylation sites (N-methyl/N-ethyl adjacent to an activating group) is 1. The van der Waals surface area contributed by atoms with Crippen LogP contribution < -0.4 is 5.32 Å². The van der Waals surface area contributed by atoms with E-state index in [0.717, 1.165) is 22.5 Å². The first-order valence-electron chi connectivity index (χ1n) is 10.9. The number of aromatic nitrogens is 2. The van der Waals surface area contributed by atoms with Crippen molar-refractivity contribution < 1.29 is 9.90 Å². The summed E-state index contributed by atoms with van der Waals surface area (Å²) in [7, 11) is 1.92. The molecule has 0 saturated carbocycles. The largest absolute Gasteiger partial charge is 0.395 e. The first-order valence-corrected chi connectivity index (χ1v) is 11.7. The summed E-state index contributed by atoms with van der Waals surface area (Å²) in [5.74, 6) is 0.878. The molecule has 1 aromatic carbocycles. The number of hydrogen-bond donors (Lipinski definition) is 2. The second kappa shape index (κ2) is 10.2. The SMILES string of the molecule is C[C@@H](Nc1ncnc2sc3c(c12)CCN(C(=O)C=CCN(C)CCO)C3)c1ccccc1. The number of fused-ring (bicyclic) bond motifs is 3. The molecule has 1 aliphatic heterocycles. The minimum absolute atomic E-state index is 0.0210.